The SMILES string of the molecule is O=IC(=CCC(=O)O)C(=O)NCCS(=O)(=O)O. The number of nitrogens with one attached hydrogen (secondary N) is 1. The number of hydrogen-bond donors (Lipinski definition) is 3. The van der Waals surface area contributed by atoms with Crippen LogP contribution in [0.1, 0.15) is 6.42 Å². The van der Waals surface area contributed by atoms with Gasteiger partial charge in [-0.2, -0.15) is 8.42 Å². The number of carboxylic acid groups (broad SMARTS) is 1. The number of rotatable bonds is 7. The average molecular weight is 379 g/mol. The molecule has 3 N–H and O–H groups in total. The molecule has 0 aromatic carbocycles. The van der Waals surface area contributed by atoms with Crippen molar-refractivity contribution >= 4 is 43.2 Å². The van der Waals surface area contributed by atoms with Crippen molar-refractivity contribution in [1.82, 2.24) is 5.32 Å². The lowest BCUT2D eigenvalue weighted by Gasteiger charge is -2.02. The third kappa shape index (κ3) is 8.88. The Morgan fingerprint density at radius 3 is 2.35 bits per heavy atom. The summed E-state index contributed by atoms with van der Waals surface area (Å²) in [6.07, 6.45) is 0.564. The van der Waals surface area contributed by atoms with Crippen LogP contribution in [0.4, 0.5) is 0 Å². The van der Waals surface area contributed by atoms with Gasteiger partial charge in [0.2, 0.25) is 0 Å². The smallest absolute Gasteiger partial charge is 0.307 e. The van der Waals surface area contributed by atoms with Crippen LogP contribution in [0, 0.1) is 0 Å². The van der Waals surface area contributed by atoms with Gasteiger partial charge in [0, 0.05) is 6.54 Å². The number of halogens is 1. The summed E-state index contributed by atoms with van der Waals surface area (Å²) < 4.78 is 39.5. The number of carbonyl (C=O) groups is 2. The minimum absolute atomic E-state index is 0.179. The molecule has 98 valence electrons. The van der Waals surface area contributed by atoms with Gasteiger partial charge in [-0.3, -0.25) is 17.2 Å². The van der Waals surface area contributed by atoms with Crippen LogP contribution in [0.25, 0.3) is 0 Å². The van der Waals surface area contributed by atoms with Gasteiger partial charge in [-0.05, 0) is 0 Å². The molecule has 0 atom stereocenters. The molecule has 0 aliphatic carbocycles. The molecule has 0 bridgehead atoms. The summed E-state index contributed by atoms with van der Waals surface area (Å²) in [5, 5.41) is 10.4. The number of aliphatic carboxylic acids is 1. The maximum atomic E-state index is 11.3. The first-order valence-corrected chi connectivity index (χ1v) is 7.75. The highest BCUT2D eigenvalue weighted by Crippen LogP contribution is 2.13. The molecular formula is C7H10INO7S. The van der Waals surface area contributed by atoms with E-state index in [1.807, 2.05) is 0 Å². The molecule has 8 nitrogen and oxygen atoms in total. The maximum Gasteiger partial charge on any atom is 0.307 e. The van der Waals surface area contributed by atoms with Gasteiger partial charge in [0.1, 0.15) is 3.58 Å². The second-order valence-electron chi connectivity index (χ2n) is 2.77. The Morgan fingerprint density at radius 2 is 1.94 bits per heavy atom. The maximum absolute atomic E-state index is 11.3. The Labute approximate surface area is 107 Å². The van der Waals surface area contributed by atoms with Crippen molar-refractivity contribution in [3.05, 3.63) is 9.66 Å². The predicted molar refractivity (Wildman–Crippen MR) is 64.5 cm³/mol. The number of hydrogen-bond acceptors (Lipinski definition) is 5. The number of carboxylic acids is 1. The van der Waals surface area contributed by atoms with Crippen molar-refractivity contribution < 1.29 is 30.7 Å². The highest BCUT2D eigenvalue weighted by molar-refractivity contribution is 14.2. The molecular weight excluding hydrogens is 369 g/mol. The van der Waals surface area contributed by atoms with Gasteiger partial charge in [0.05, 0.1) is 12.2 Å². The molecule has 10 heteroatoms. The van der Waals surface area contributed by atoms with Gasteiger partial charge >= 0.3 is 5.97 Å². The summed E-state index contributed by atoms with van der Waals surface area (Å²) in [6.45, 7) is -0.341. The fourth-order valence-corrected chi connectivity index (χ4v) is 1.86. The number of carbonyl (C=O) groups excluding carboxylic acids is 1. The lowest BCUT2D eigenvalue weighted by Crippen LogP contribution is -2.29. The molecule has 0 aliphatic heterocycles. The van der Waals surface area contributed by atoms with E-state index >= 15 is 0 Å². The predicted octanol–water partition coefficient (Wildman–Crippen LogP) is -0.335. The summed E-state index contributed by atoms with van der Waals surface area (Å²) in [4.78, 5) is 21.5. The molecule has 0 aromatic heterocycles. The van der Waals surface area contributed by atoms with Crippen molar-refractivity contribution in [2.45, 2.75) is 6.42 Å². The van der Waals surface area contributed by atoms with Crippen molar-refractivity contribution in [1.29, 1.82) is 0 Å². The summed E-state index contributed by atoms with van der Waals surface area (Å²) in [5.74, 6) is -2.63. The Hall–Kier alpha value is -0.880. The zero-order chi connectivity index (χ0) is 13.5. The Kier molecular flexibility index (Phi) is 7.06. The molecule has 0 unspecified atom stereocenters. The van der Waals surface area contributed by atoms with Crippen molar-refractivity contribution in [2.75, 3.05) is 12.3 Å². The largest absolute Gasteiger partial charge is 0.481 e. The van der Waals surface area contributed by atoms with E-state index in [0.29, 0.717) is 0 Å². The van der Waals surface area contributed by atoms with Crippen LogP contribution in [-0.4, -0.2) is 42.3 Å². The van der Waals surface area contributed by atoms with E-state index in [1.54, 1.807) is 0 Å². The van der Waals surface area contributed by atoms with E-state index < -0.39 is 55.4 Å². The minimum atomic E-state index is -4.18. The quantitative estimate of drug-likeness (QED) is 0.313. The Morgan fingerprint density at radius 1 is 1.35 bits per heavy atom. The second-order valence-corrected chi connectivity index (χ2v) is 5.94. The van der Waals surface area contributed by atoms with Crippen LogP contribution < -0.4 is 5.32 Å². The van der Waals surface area contributed by atoms with E-state index in [-0.39, 0.29) is 10.1 Å². The lowest BCUT2D eigenvalue weighted by molar-refractivity contribution is -0.136. The van der Waals surface area contributed by atoms with Crippen LogP contribution in [-0.2, 0) is 22.8 Å². The fraction of sp³-hybridized carbons (Fsp3) is 0.429. The second kappa shape index (κ2) is 7.45. The first-order chi connectivity index (χ1) is 7.76. The average Bonchev–Trinajstić information content (AvgIpc) is 2.16. The van der Waals surface area contributed by atoms with Crippen molar-refractivity contribution in [2.24, 2.45) is 0 Å². The van der Waals surface area contributed by atoms with Gasteiger partial charge in [0.15, 0.2) is 21.2 Å². The molecule has 0 aliphatic rings. The lowest BCUT2D eigenvalue weighted by atomic mass is 10.3. The van der Waals surface area contributed by atoms with Crippen molar-refractivity contribution in [3.63, 3.8) is 0 Å². The molecule has 17 heavy (non-hydrogen) atoms. The fourth-order valence-electron chi connectivity index (χ4n) is 0.714. The van der Waals surface area contributed by atoms with Crippen LogP contribution in [0.15, 0.2) is 9.66 Å². The topological polar surface area (TPSA) is 138 Å². The molecule has 0 fully saturated rings. The molecule has 0 rings (SSSR count). The van der Waals surface area contributed by atoms with Crippen LogP contribution in [0.5, 0.6) is 0 Å². The van der Waals surface area contributed by atoms with Gasteiger partial charge < -0.3 is 10.4 Å². The van der Waals surface area contributed by atoms with E-state index in [0.717, 1.165) is 6.08 Å². The molecule has 0 saturated heterocycles. The van der Waals surface area contributed by atoms with E-state index in [2.05, 4.69) is 5.32 Å². The van der Waals surface area contributed by atoms with Gasteiger partial charge in [-0.25, -0.2) is 0 Å². The number of amides is 1. The minimum Gasteiger partial charge on any atom is -0.481 e. The first-order valence-electron chi connectivity index (χ1n) is 4.18. The molecule has 0 spiro atoms. The highest BCUT2D eigenvalue weighted by atomic mass is 127. The third-order valence-electron chi connectivity index (χ3n) is 1.40. The van der Waals surface area contributed by atoms with Gasteiger partial charge in [-0.1, -0.05) is 6.08 Å². The monoisotopic (exact) mass is 379 g/mol. The van der Waals surface area contributed by atoms with Crippen LogP contribution in [0.3, 0.4) is 0 Å². The molecule has 0 aromatic rings. The molecule has 0 heterocycles. The first kappa shape index (κ1) is 16.1. The summed E-state index contributed by atoms with van der Waals surface area (Å²) in [5.41, 5.74) is 0. The standard InChI is InChI=1S/C7H10INO7S/c10-6(11)2-1-5(8-13)7(12)9-3-4-17(14,15)16/h1H,2-4H2,(H,9,12)(H,10,11)(H,14,15,16). The summed E-state index contributed by atoms with van der Waals surface area (Å²) in [7, 11) is -4.18. The highest BCUT2D eigenvalue weighted by Gasteiger charge is 2.11. The van der Waals surface area contributed by atoms with Crippen molar-refractivity contribution in [3.8, 4) is 0 Å². The zero-order valence-electron chi connectivity index (χ0n) is 8.42. The normalized spacial score (nSPS) is 12.2. The third-order valence-corrected chi connectivity index (χ3v) is 3.53. The van der Waals surface area contributed by atoms with Crippen LogP contribution >= 0.6 is 21.2 Å². The van der Waals surface area contributed by atoms with E-state index in [9.17, 15) is 21.1 Å². The van der Waals surface area contributed by atoms with Crippen LogP contribution in [0.2, 0.25) is 0 Å². The molecule has 0 radical (unpaired) electrons. The van der Waals surface area contributed by atoms with E-state index in [1.165, 1.54) is 0 Å². The summed E-state index contributed by atoms with van der Waals surface area (Å²) >= 11 is -1.85. The molecule has 1 amide bonds. The van der Waals surface area contributed by atoms with E-state index in [4.69, 9.17) is 9.66 Å². The Balaban J connectivity index is 4.32. The molecule has 0 saturated carbocycles. The zero-order valence-corrected chi connectivity index (χ0v) is 11.4. The van der Waals surface area contributed by atoms with Gasteiger partial charge in [-0.15, -0.1) is 0 Å². The summed E-state index contributed by atoms with van der Waals surface area (Å²) in [6, 6.07) is 0. The van der Waals surface area contributed by atoms with Gasteiger partial charge in [0.25, 0.3) is 16.0 Å². The Bertz CT molecular complexity index is 441.